The van der Waals surface area contributed by atoms with Gasteiger partial charge in [0.15, 0.2) is 28.2 Å². The molecule has 0 bridgehead atoms. The highest BCUT2D eigenvalue weighted by Crippen LogP contribution is 2.28. The van der Waals surface area contributed by atoms with Gasteiger partial charge < -0.3 is 0 Å². The lowest BCUT2D eigenvalue weighted by Crippen LogP contribution is -2.19. The monoisotopic (exact) mass is 397 g/mol. The molecular formula is C18H27F4NO2S. The van der Waals surface area contributed by atoms with Gasteiger partial charge in [-0.3, -0.25) is 0 Å². The lowest BCUT2D eigenvalue weighted by molar-refractivity contribution is 0.405. The van der Waals surface area contributed by atoms with Gasteiger partial charge in [0.05, 0.1) is 0 Å². The molecule has 150 valence electrons. The maximum atomic E-state index is 13.9. The van der Waals surface area contributed by atoms with Crippen LogP contribution in [0, 0.1) is 23.3 Å². The summed E-state index contributed by atoms with van der Waals surface area (Å²) in [6.45, 7) is 2.16. The predicted molar refractivity (Wildman–Crippen MR) is 93.2 cm³/mol. The molecule has 0 atom stereocenters. The summed E-state index contributed by atoms with van der Waals surface area (Å²) in [6.07, 6.45) is 9.86. The van der Waals surface area contributed by atoms with Crippen molar-refractivity contribution in [3.63, 3.8) is 0 Å². The van der Waals surface area contributed by atoms with E-state index in [1.54, 1.807) is 0 Å². The van der Waals surface area contributed by atoms with E-state index in [0.717, 1.165) is 25.7 Å². The molecule has 0 saturated carbocycles. The van der Waals surface area contributed by atoms with E-state index in [-0.39, 0.29) is 6.42 Å². The van der Waals surface area contributed by atoms with E-state index >= 15 is 0 Å². The van der Waals surface area contributed by atoms with Crippen LogP contribution in [0.25, 0.3) is 0 Å². The lowest BCUT2D eigenvalue weighted by atomic mass is 10.0. The van der Waals surface area contributed by atoms with E-state index in [1.807, 2.05) is 0 Å². The lowest BCUT2D eigenvalue weighted by Gasteiger charge is -2.10. The largest absolute Gasteiger partial charge is 0.244 e. The van der Waals surface area contributed by atoms with Gasteiger partial charge in [0.25, 0.3) is 0 Å². The van der Waals surface area contributed by atoms with Gasteiger partial charge in [0.1, 0.15) is 0 Å². The third-order valence-corrected chi connectivity index (χ3v) is 5.31. The molecule has 26 heavy (non-hydrogen) atoms. The first-order valence-electron chi connectivity index (χ1n) is 9.09. The van der Waals surface area contributed by atoms with Crippen LogP contribution < -0.4 is 5.14 Å². The van der Waals surface area contributed by atoms with Gasteiger partial charge in [-0.2, -0.15) is 0 Å². The molecule has 0 spiro atoms. The molecule has 0 amide bonds. The minimum Gasteiger partial charge on any atom is -0.224 e. The Morgan fingerprint density at radius 3 is 1.46 bits per heavy atom. The summed E-state index contributed by atoms with van der Waals surface area (Å²) in [4.78, 5) is -1.76. The second-order valence-electron chi connectivity index (χ2n) is 6.54. The normalized spacial score (nSPS) is 11.9. The van der Waals surface area contributed by atoms with Crippen LogP contribution in [-0.2, 0) is 16.4 Å². The van der Waals surface area contributed by atoms with E-state index < -0.39 is 43.8 Å². The number of halogens is 4. The van der Waals surface area contributed by atoms with Gasteiger partial charge in [0.2, 0.25) is 10.0 Å². The van der Waals surface area contributed by atoms with E-state index in [0.29, 0.717) is 12.8 Å². The number of hydrogen-bond acceptors (Lipinski definition) is 2. The SMILES string of the molecule is CCCCCCCCCCCCc1c(F)c(F)c(S(N)(=O)=O)c(F)c1F. The van der Waals surface area contributed by atoms with Crippen molar-refractivity contribution in [2.45, 2.75) is 82.4 Å². The van der Waals surface area contributed by atoms with Crippen molar-refractivity contribution in [2.24, 2.45) is 5.14 Å². The summed E-state index contributed by atoms with van der Waals surface area (Å²) in [7, 11) is -4.90. The zero-order chi connectivity index (χ0) is 19.7. The van der Waals surface area contributed by atoms with Gasteiger partial charge in [-0.15, -0.1) is 0 Å². The van der Waals surface area contributed by atoms with Crippen LogP contribution >= 0.6 is 0 Å². The maximum Gasteiger partial charge on any atom is 0.244 e. The number of unbranched alkanes of at least 4 members (excludes halogenated alkanes) is 9. The molecule has 0 aliphatic heterocycles. The summed E-state index contributed by atoms with van der Waals surface area (Å²) in [6, 6.07) is 0. The highest BCUT2D eigenvalue weighted by molar-refractivity contribution is 7.89. The van der Waals surface area contributed by atoms with E-state index in [9.17, 15) is 26.0 Å². The van der Waals surface area contributed by atoms with Crippen LogP contribution in [-0.4, -0.2) is 8.42 Å². The highest BCUT2D eigenvalue weighted by atomic mass is 32.2. The summed E-state index contributed by atoms with van der Waals surface area (Å²) in [5.74, 6) is -7.31. The molecule has 0 saturated heterocycles. The first-order valence-corrected chi connectivity index (χ1v) is 10.6. The zero-order valence-electron chi connectivity index (χ0n) is 15.1. The molecule has 1 aromatic rings. The van der Waals surface area contributed by atoms with Crippen molar-refractivity contribution in [2.75, 3.05) is 0 Å². The van der Waals surface area contributed by atoms with Crippen molar-refractivity contribution in [3.05, 3.63) is 28.8 Å². The summed E-state index contributed by atoms with van der Waals surface area (Å²) < 4.78 is 77.5. The summed E-state index contributed by atoms with van der Waals surface area (Å²) >= 11 is 0. The molecule has 0 fully saturated rings. The molecule has 0 unspecified atom stereocenters. The first-order chi connectivity index (χ1) is 12.2. The third-order valence-electron chi connectivity index (χ3n) is 4.38. The van der Waals surface area contributed by atoms with Gasteiger partial charge in [0, 0.05) is 5.56 Å². The predicted octanol–water partition coefficient (Wildman–Crippen LogP) is 5.35. The molecule has 0 aliphatic rings. The Bertz CT molecular complexity index is 664. The second kappa shape index (κ2) is 10.9. The van der Waals surface area contributed by atoms with E-state index in [2.05, 4.69) is 12.1 Å². The van der Waals surface area contributed by atoms with Crippen molar-refractivity contribution in [1.82, 2.24) is 0 Å². The van der Waals surface area contributed by atoms with Crippen molar-refractivity contribution in [3.8, 4) is 0 Å². The van der Waals surface area contributed by atoms with Crippen LogP contribution in [0.4, 0.5) is 17.6 Å². The average molecular weight is 397 g/mol. The van der Waals surface area contributed by atoms with Gasteiger partial charge in [-0.05, 0) is 12.8 Å². The molecule has 0 radical (unpaired) electrons. The van der Waals surface area contributed by atoms with Crippen molar-refractivity contribution >= 4 is 10.0 Å². The minimum atomic E-state index is -4.90. The number of nitrogens with two attached hydrogens (primary N) is 1. The fraction of sp³-hybridized carbons (Fsp3) is 0.667. The van der Waals surface area contributed by atoms with Gasteiger partial charge in [-0.1, -0.05) is 64.7 Å². The summed E-state index contributed by atoms with van der Waals surface area (Å²) in [5, 5.41) is 4.61. The Morgan fingerprint density at radius 2 is 1.08 bits per heavy atom. The molecule has 8 heteroatoms. The van der Waals surface area contributed by atoms with Crippen LogP contribution in [0.2, 0.25) is 0 Å². The fourth-order valence-corrected chi connectivity index (χ4v) is 3.59. The molecule has 0 aliphatic carbocycles. The Kier molecular flexibility index (Phi) is 9.57. The molecule has 0 aromatic heterocycles. The van der Waals surface area contributed by atoms with E-state index in [4.69, 9.17) is 0 Å². The summed E-state index contributed by atoms with van der Waals surface area (Å²) in [5.41, 5.74) is -0.771. The van der Waals surface area contributed by atoms with Crippen LogP contribution in [0.3, 0.4) is 0 Å². The Balaban J connectivity index is 2.52. The Labute approximate surface area is 153 Å². The Hall–Kier alpha value is -1.15. The number of hydrogen-bond donors (Lipinski definition) is 1. The first kappa shape index (κ1) is 22.9. The maximum absolute atomic E-state index is 13.9. The van der Waals surface area contributed by atoms with Crippen molar-refractivity contribution < 1.29 is 26.0 Å². The number of rotatable bonds is 12. The van der Waals surface area contributed by atoms with Crippen molar-refractivity contribution in [1.29, 1.82) is 0 Å². The fourth-order valence-electron chi connectivity index (χ4n) is 2.92. The number of primary sulfonamides is 1. The molecule has 2 N–H and O–H groups in total. The van der Waals surface area contributed by atoms with Gasteiger partial charge >= 0.3 is 0 Å². The Morgan fingerprint density at radius 1 is 0.692 bits per heavy atom. The highest BCUT2D eigenvalue weighted by Gasteiger charge is 2.30. The quantitative estimate of drug-likeness (QED) is 0.293. The van der Waals surface area contributed by atoms with Crippen LogP contribution in [0.5, 0.6) is 0 Å². The van der Waals surface area contributed by atoms with Crippen LogP contribution in [0.1, 0.15) is 76.7 Å². The number of sulfonamides is 1. The second-order valence-corrected chi connectivity index (χ2v) is 8.04. The molecular weight excluding hydrogens is 370 g/mol. The molecule has 0 heterocycles. The zero-order valence-corrected chi connectivity index (χ0v) is 15.9. The standard InChI is InChI=1S/C18H27F4NO2S/c1-2-3-4-5-6-7-8-9-10-11-12-13-14(19)16(21)18(26(23,24)25)17(22)15(13)20/h2-12H2,1H3,(H2,23,24,25). The topological polar surface area (TPSA) is 60.2 Å². The molecule has 1 rings (SSSR count). The number of benzene rings is 1. The smallest absolute Gasteiger partial charge is 0.224 e. The van der Waals surface area contributed by atoms with Crippen LogP contribution in [0.15, 0.2) is 4.90 Å². The molecule has 1 aromatic carbocycles. The van der Waals surface area contributed by atoms with Gasteiger partial charge in [-0.25, -0.2) is 31.1 Å². The molecule has 3 nitrogen and oxygen atoms in total. The van der Waals surface area contributed by atoms with E-state index in [1.165, 1.54) is 25.7 Å². The average Bonchev–Trinajstić information content (AvgIpc) is 2.56. The third kappa shape index (κ3) is 6.54. The minimum absolute atomic E-state index is 0.201.